The molecule has 0 saturated heterocycles. The number of nitrogens with zero attached hydrogens (tertiary/aromatic N) is 4. The third-order valence-corrected chi connectivity index (χ3v) is 4.52. The zero-order valence-corrected chi connectivity index (χ0v) is 17.2. The molecule has 2 aromatic carbocycles. The van der Waals surface area contributed by atoms with Gasteiger partial charge in [0.15, 0.2) is 11.5 Å². The van der Waals surface area contributed by atoms with Crippen molar-refractivity contribution in [3.63, 3.8) is 0 Å². The molecular formula is C19H16BrN5O5. The van der Waals surface area contributed by atoms with Crippen LogP contribution in [0.15, 0.2) is 58.2 Å². The van der Waals surface area contributed by atoms with Gasteiger partial charge in [-0.05, 0) is 41.5 Å². The van der Waals surface area contributed by atoms with Gasteiger partial charge in [-0.3, -0.25) is 19.6 Å². The Morgan fingerprint density at radius 1 is 1.37 bits per heavy atom. The third-order valence-electron chi connectivity index (χ3n) is 4.00. The Bertz CT molecular complexity index is 1110. The topological polar surface area (TPSA) is 132 Å². The van der Waals surface area contributed by atoms with Crippen molar-refractivity contribution in [2.75, 3.05) is 7.11 Å². The smallest absolute Gasteiger partial charge is 0.320 e. The number of hydrogen-bond donors (Lipinski definition) is 2. The van der Waals surface area contributed by atoms with Crippen molar-refractivity contribution >= 4 is 33.7 Å². The van der Waals surface area contributed by atoms with Gasteiger partial charge >= 0.3 is 5.69 Å². The van der Waals surface area contributed by atoms with Crippen molar-refractivity contribution in [2.24, 2.45) is 5.10 Å². The molecule has 3 aromatic rings. The first kappa shape index (κ1) is 21.0. The number of carbonyl (C=O) groups is 1. The lowest BCUT2D eigenvalue weighted by Gasteiger charge is -2.03. The highest BCUT2D eigenvalue weighted by Crippen LogP contribution is 2.25. The molecule has 0 bridgehead atoms. The number of methoxy groups -OCH3 is 1. The number of benzene rings is 2. The number of hydrogen-bond acceptors (Lipinski definition) is 7. The van der Waals surface area contributed by atoms with E-state index in [2.05, 4.69) is 31.6 Å². The summed E-state index contributed by atoms with van der Waals surface area (Å²) in [5, 5.41) is 28.7. The first-order chi connectivity index (χ1) is 14.4. The Morgan fingerprint density at radius 2 is 2.10 bits per heavy atom. The van der Waals surface area contributed by atoms with Crippen molar-refractivity contribution in [3.05, 3.63) is 80.1 Å². The van der Waals surface area contributed by atoms with Gasteiger partial charge in [0.05, 0.1) is 24.8 Å². The summed E-state index contributed by atoms with van der Waals surface area (Å²) < 4.78 is 7.22. The number of hydrazone groups is 1. The number of nitrogens with one attached hydrogen (secondary N) is 1. The molecule has 11 heteroatoms. The maximum absolute atomic E-state index is 12.4. The number of phenolic OH excluding ortho intramolecular Hbond substituents is 1. The van der Waals surface area contributed by atoms with E-state index in [1.807, 2.05) is 24.3 Å². The minimum atomic E-state index is -0.821. The van der Waals surface area contributed by atoms with Crippen molar-refractivity contribution in [1.29, 1.82) is 0 Å². The Labute approximate surface area is 179 Å². The van der Waals surface area contributed by atoms with Crippen molar-refractivity contribution in [2.45, 2.75) is 6.54 Å². The zero-order chi connectivity index (χ0) is 21.7. The number of carbonyl (C=O) groups excluding carboxylic acids is 1. The summed E-state index contributed by atoms with van der Waals surface area (Å²) in [4.78, 5) is 23.0. The maximum atomic E-state index is 12.4. The second-order valence-corrected chi connectivity index (χ2v) is 6.99. The van der Waals surface area contributed by atoms with Crippen LogP contribution >= 0.6 is 15.9 Å². The second-order valence-electron chi connectivity index (χ2n) is 6.07. The standard InChI is InChI=1S/C19H16BrN5O5/c1-30-17-8-13(4-7-16(17)26)9-21-22-19(27)18-15(25(28)29)11-24(23-18)10-12-2-5-14(20)6-3-12/h2-9,11,26H,10H2,1H3,(H,22,27)/b21-9+. The van der Waals surface area contributed by atoms with Crippen LogP contribution in [0, 0.1) is 10.1 Å². The van der Waals surface area contributed by atoms with Gasteiger partial charge in [0.2, 0.25) is 5.69 Å². The summed E-state index contributed by atoms with van der Waals surface area (Å²) in [6, 6.07) is 11.9. The van der Waals surface area contributed by atoms with Crippen LogP contribution in [0.1, 0.15) is 21.6 Å². The summed E-state index contributed by atoms with van der Waals surface area (Å²) >= 11 is 3.34. The molecule has 0 radical (unpaired) electrons. The predicted molar refractivity (Wildman–Crippen MR) is 112 cm³/mol. The summed E-state index contributed by atoms with van der Waals surface area (Å²) in [7, 11) is 1.40. The van der Waals surface area contributed by atoms with Gasteiger partial charge in [0.25, 0.3) is 5.91 Å². The molecule has 30 heavy (non-hydrogen) atoms. The molecule has 0 aliphatic heterocycles. The Morgan fingerprint density at radius 3 is 2.77 bits per heavy atom. The lowest BCUT2D eigenvalue weighted by Crippen LogP contribution is -2.19. The van der Waals surface area contributed by atoms with Crippen LogP contribution in [-0.2, 0) is 6.54 Å². The summed E-state index contributed by atoms with van der Waals surface area (Å²) in [5.74, 6) is -0.614. The normalized spacial score (nSPS) is 10.9. The molecule has 154 valence electrons. The molecular weight excluding hydrogens is 458 g/mol. The first-order valence-corrected chi connectivity index (χ1v) is 9.33. The largest absolute Gasteiger partial charge is 0.504 e. The fourth-order valence-corrected chi connectivity index (χ4v) is 2.82. The molecule has 0 aliphatic rings. The molecule has 1 heterocycles. The molecule has 0 atom stereocenters. The van der Waals surface area contributed by atoms with E-state index in [1.54, 1.807) is 6.07 Å². The van der Waals surface area contributed by atoms with E-state index in [1.165, 1.54) is 36.3 Å². The number of aromatic nitrogens is 2. The molecule has 3 rings (SSSR count). The number of aromatic hydroxyl groups is 1. The quantitative estimate of drug-likeness (QED) is 0.307. The van der Waals surface area contributed by atoms with Gasteiger partial charge in [-0.15, -0.1) is 0 Å². The second kappa shape index (κ2) is 9.18. The molecule has 0 spiro atoms. The van der Waals surface area contributed by atoms with Crippen LogP contribution in [0.4, 0.5) is 5.69 Å². The lowest BCUT2D eigenvalue weighted by atomic mass is 10.2. The minimum Gasteiger partial charge on any atom is -0.504 e. The van der Waals surface area contributed by atoms with Crippen LogP contribution in [0.25, 0.3) is 0 Å². The average Bonchev–Trinajstić information content (AvgIpc) is 3.15. The molecule has 0 aliphatic carbocycles. The molecule has 0 saturated carbocycles. The summed E-state index contributed by atoms with van der Waals surface area (Å²) in [5.41, 5.74) is 2.85. The van der Waals surface area contributed by atoms with E-state index >= 15 is 0 Å². The van der Waals surface area contributed by atoms with Crippen molar-refractivity contribution < 1.29 is 19.6 Å². The number of amides is 1. The number of ether oxygens (including phenoxy) is 1. The molecule has 10 nitrogen and oxygen atoms in total. The van der Waals surface area contributed by atoms with E-state index in [0.717, 1.165) is 10.0 Å². The number of rotatable bonds is 7. The fourth-order valence-electron chi connectivity index (χ4n) is 2.56. The van der Waals surface area contributed by atoms with Gasteiger partial charge in [0.1, 0.15) is 6.20 Å². The van der Waals surface area contributed by atoms with Gasteiger partial charge in [-0.25, -0.2) is 5.43 Å². The van der Waals surface area contributed by atoms with E-state index in [0.29, 0.717) is 5.56 Å². The monoisotopic (exact) mass is 473 g/mol. The fraction of sp³-hybridized carbons (Fsp3) is 0.105. The van der Waals surface area contributed by atoms with E-state index in [-0.39, 0.29) is 23.7 Å². The minimum absolute atomic E-state index is 0.0365. The summed E-state index contributed by atoms with van der Waals surface area (Å²) in [6.45, 7) is 0.262. The van der Waals surface area contributed by atoms with Gasteiger partial charge in [0, 0.05) is 4.47 Å². The van der Waals surface area contributed by atoms with Gasteiger partial charge in [-0.1, -0.05) is 28.1 Å². The molecule has 1 aromatic heterocycles. The highest BCUT2D eigenvalue weighted by molar-refractivity contribution is 9.10. The molecule has 0 fully saturated rings. The van der Waals surface area contributed by atoms with E-state index in [9.17, 15) is 20.0 Å². The Balaban J connectivity index is 1.75. The first-order valence-electron chi connectivity index (χ1n) is 8.54. The Kier molecular flexibility index (Phi) is 6.42. The van der Waals surface area contributed by atoms with Crippen LogP contribution < -0.4 is 10.2 Å². The van der Waals surface area contributed by atoms with Crippen LogP contribution in [0.2, 0.25) is 0 Å². The number of halogens is 1. The van der Waals surface area contributed by atoms with Crippen LogP contribution in [-0.4, -0.2) is 39.0 Å². The zero-order valence-electron chi connectivity index (χ0n) is 15.7. The van der Waals surface area contributed by atoms with Gasteiger partial charge in [-0.2, -0.15) is 10.2 Å². The highest BCUT2D eigenvalue weighted by atomic mass is 79.9. The highest BCUT2D eigenvalue weighted by Gasteiger charge is 2.25. The molecule has 1 amide bonds. The molecule has 0 unspecified atom stereocenters. The van der Waals surface area contributed by atoms with Crippen molar-refractivity contribution in [1.82, 2.24) is 15.2 Å². The third kappa shape index (κ3) is 5.00. The summed E-state index contributed by atoms with van der Waals surface area (Å²) in [6.07, 6.45) is 2.51. The molecule has 2 N–H and O–H groups in total. The van der Waals surface area contributed by atoms with Crippen molar-refractivity contribution in [3.8, 4) is 11.5 Å². The average molecular weight is 474 g/mol. The van der Waals surface area contributed by atoms with Crippen LogP contribution in [0.5, 0.6) is 11.5 Å². The van der Waals surface area contributed by atoms with Gasteiger partial charge < -0.3 is 9.84 Å². The van der Waals surface area contributed by atoms with Crippen LogP contribution in [0.3, 0.4) is 0 Å². The predicted octanol–water partition coefficient (Wildman–Crippen LogP) is 3.08. The number of nitro groups is 1. The van der Waals surface area contributed by atoms with E-state index in [4.69, 9.17) is 4.74 Å². The Hall–Kier alpha value is -3.73. The maximum Gasteiger partial charge on any atom is 0.320 e. The lowest BCUT2D eigenvalue weighted by molar-refractivity contribution is -0.385. The number of phenols is 1. The SMILES string of the molecule is COc1cc(/C=N/NC(=O)c2nn(Cc3ccc(Br)cc3)cc2[N+](=O)[O-])ccc1O. The van der Waals surface area contributed by atoms with E-state index < -0.39 is 16.5 Å².